The summed E-state index contributed by atoms with van der Waals surface area (Å²) in [6.07, 6.45) is 1.89. The third-order valence-electron chi connectivity index (χ3n) is 2.02. The number of rotatable bonds is 5. The number of hydrogen-bond acceptors (Lipinski definition) is 3. The van der Waals surface area contributed by atoms with Crippen molar-refractivity contribution in [3.8, 4) is 0 Å². The van der Waals surface area contributed by atoms with Gasteiger partial charge in [-0.15, -0.1) is 0 Å². The Kier molecular flexibility index (Phi) is 5.82. The molecule has 0 spiro atoms. The molecule has 0 saturated carbocycles. The number of H-pyrrole nitrogens is 1. The molecule has 1 aromatic rings. The van der Waals surface area contributed by atoms with Crippen molar-refractivity contribution >= 4 is 34.4 Å². The van der Waals surface area contributed by atoms with Crippen LogP contribution in [-0.4, -0.2) is 15.2 Å². The Bertz CT molecular complexity index is 403. The average molecular weight is 352 g/mol. The van der Waals surface area contributed by atoms with Crippen LogP contribution in [0.4, 0.5) is 0 Å². The van der Waals surface area contributed by atoms with Crippen molar-refractivity contribution in [2.75, 3.05) is 0 Å². The Hall–Kier alpha value is -0.0400. The van der Waals surface area contributed by atoms with Gasteiger partial charge in [0.05, 0.1) is 15.0 Å². The standard InChI is InChI=1S/C11H17IN2OS/c1-4-5-8-10(12)11(15)14-9(13-8)6-16-7(2)3/h7H,4-6H2,1-3H3,(H,13,14,15). The van der Waals surface area contributed by atoms with Crippen molar-refractivity contribution in [3.63, 3.8) is 0 Å². The van der Waals surface area contributed by atoms with Gasteiger partial charge in [-0.25, -0.2) is 4.98 Å². The molecule has 0 aliphatic rings. The Labute approximate surface area is 114 Å². The molecule has 1 N–H and O–H groups in total. The minimum atomic E-state index is -0.00148. The van der Waals surface area contributed by atoms with Crippen LogP contribution in [0.25, 0.3) is 0 Å². The lowest BCUT2D eigenvalue weighted by atomic mass is 10.2. The summed E-state index contributed by atoms with van der Waals surface area (Å²) in [6.45, 7) is 6.38. The van der Waals surface area contributed by atoms with E-state index in [0.29, 0.717) is 5.25 Å². The zero-order valence-electron chi connectivity index (χ0n) is 9.84. The quantitative estimate of drug-likeness (QED) is 0.829. The first-order valence-electron chi connectivity index (χ1n) is 5.43. The highest BCUT2D eigenvalue weighted by molar-refractivity contribution is 14.1. The van der Waals surface area contributed by atoms with Crippen LogP contribution in [-0.2, 0) is 12.2 Å². The second-order valence-electron chi connectivity index (χ2n) is 3.88. The van der Waals surface area contributed by atoms with E-state index in [1.165, 1.54) is 0 Å². The van der Waals surface area contributed by atoms with E-state index in [4.69, 9.17) is 0 Å². The first kappa shape index (κ1) is 14.0. The number of nitrogens with zero attached hydrogens (tertiary/aromatic N) is 1. The van der Waals surface area contributed by atoms with Gasteiger partial charge in [-0.2, -0.15) is 11.8 Å². The second kappa shape index (κ2) is 6.64. The smallest absolute Gasteiger partial charge is 0.264 e. The van der Waals surface area contributed by atoms with E-state index in [1.807, 2.05) is 0 Å². The maximum Gasteiger partial charge on any atom is 0.264 e. The molecule has 90 valence electrons. The molecule has 1 aromatic heterocycles. The van der Waals surface area contributed by atoms with Crippen LogP contribution in [0.1, 0.15) is 38.7 Å². The van der Waals surface area contributed by atoms with Crippen LogP contribution in [0.15, 0.2) is 4.79 Å². The zero-order chi connectivity index (χ0) is 12.1. The first-order valence-corrected chi connectivity index (χ1v) is 7.56. The van der Waals surface area contributed by atoms with Crippen molar-refractivity contribution in [1.29, 1.82) is 0 Å². The van der Waals surface area contributed by atoms with Gasteiger partial charge in [-0.05, 0) is 34.3 Å². The van der Waals surface area contributed by atoms with E-state index in [9.17, 15) is 4.79 Å². The van der Waals surface area contributed by atoms with E-state index in [2.05, 4.69) is 53.3 Å². The first-order chi connectivity index (χ1) is 7.54. The van der Waals surface area contributed by atoms with Gasteiger partial charge in [0.25, 0.3) is 5.56 Å². The molecule has 0 saturated heterocycles. The van der Waals surface area contributed by atoms with Crippen molar-refractivity contribution in [3.05, 3.63) is 25.4 Å². The number of halogens is 1. The van der Waals surface area contributed by atoms with Gasteiger partial charge in [-0.1, -0.05) is 27.2 Å². The van der Waals surface area contributed by atoms with Crippen LogP contribution in [0.2, 0.25) is 0 Å². The Morgan fingerprint density at radius 1 is 1.50 bits per heavy atom. The highest BCUT2D eigenvalue weighted by Gasteiger charge is 2.08. The molecule has 0 atom stereocenters. The van der Waals surface area contributed by atoms with E-state index < -0.39 is 0 Å². The Balaban J connectivity index is 2.90. The highest BCUT2D eigenvalue weighted by atomic mass is 127. The molecule has 16 heavy (non-hydrogen) atoms. The fourth-order valence-electron chi connectivity index (χ4n) is 1.27. The monoisotopic (exact) mass is 352 g/mol. The number of nitrogens with one attached hydrogen (secondary N) is 1. The van der Waals surface area contributed by atoms with Gasteiger partial charge in [0, 0.05) is 0 Å². The second-order valence-corrected chi connectivity index (χ2v) is 6.53. The van der Waals surface area contributed by atoms with E-state index in [0.717, 1.165) is 33.7 Å². The molecule has 0 aromatic carbocycles. The maximum atomic E-state index is 11.7. The summed E-state index contributed by atoms with van der Waals surface area (Å²) < 4.78 is 0.734. The van der Waals surface area contributed by atoms with Crippen molar-refractivity contribution in [2.45, 2.75) is 44.6 Å². The summed E-state index contributed by atoms with van der Waals surface area (Å²) in [5, 5.41) is 0.555. The third-order valence-corrected chi connectivity index (χ3v) is 4.24. The molecular weight excluding hydrogens is 335 g/mol. The van der Waals surface area contributed by atoms with E-state index in [1.54, 1.807) is 11.8 Å². The summed E-state index contributed by atoms with van der Waals surface area (Å²) in [4.78, 5) is 19.0. The number of hydrogen-bond donors (Lipinski definition) is 1. The summed E-state index contributed by atoms with van der Waals surface area (Å²) in [7, 11) is 0. The molecule has 0 amide bonds. The van der Waals surface area contributed by atoms with Crippen LogP contribution in [0, 0.1) is 3.57 Å². The molecule has 0 bridgehead atoms. The van der Waals surface area contributed by atoms with Gasteiger partial charge >= 0.3 is 0 Å². The van der Waals surface area contributed by atoms with Crippen molar-refractivity contribution in [2.24, 2.45) is 0 Å². The number of aromatic nitrogens is 2. The zero-order valence-corrected chi connectivity index (χ0v) is 12.8. The molecule has 0 aliphatic heterocycles. The fourth-order valence-corrected chi connectivity index (χ4v) is 2.43. The van der Waals surface area contributed by atoms with Crippen molar-refractivity contribution < 1.29 is 0 Å². The van der Waals surface area contributed by atoms with Gasteiger partial charge in [0.1, 0.15) is 5.82 Å². The Morgan fingerprint density at radius 3 is 2.75 bits per heavy atom. The summed E-state index contributed by atoms with van der Waals surface area (Å²) in [5.41, 5.74) is 0.935. The van der Waals surface area contributed by atoms with Gasteiger partial charge in [0.15, 0.2) is 0 Å². The van der Waals surface area contributed by atoms with Crippen LogP contribution < -0.4 is 5.56 Å². The Morgan fingerprint density at radius 2 is 2.19 bits per heavy atom. The fraction of sp³-hybridized carbons (Fsp3) is 0.636. The van der Waals surface area contributed by atoms with Crippen LogP contribution in [0.5, 0.6) is 0 Å². The molecule has 0 unspecified atom stereocenters. The summed E-state index contributed by atoms with van der Waals surface area (Å²) in [5.74, 6) is 1.58. The molecule has 0 aliphatic carbocycles. The minimum Gasteiger partial charge on any atom is -0.309 e. The molecule has 3 nitrogen and oxygen atoms in total. The predicted octanol–water partition coefficient (Wildman–Crippen LogP) is 2.97. The lowest BCUT2D eigenvalue weighted by Gasteiger charge is -2.07. The largest absolute Gasteiger partial charge is 0.309 e. The van der Waals surface area contributed by atoms with Crippen LogP contribution >= 0.6 is 34.4 Å². The molecule has 1 heterocycles. The molecule has 1 rings (SSSR count). The number of thioether (sulfide) groups is 1. The maximum absolute atomic E-state index is 11.7. The summed E-state index contributed by atoms with van der Waals surface area (Å²) >= 11 is 3.86. The number of aryl methyl sites for hydroxylation is 1. The SMILES string of the molecule is CCCc1nc(CSC(C)C)[nH]c(=O)c1I. The lowest BCUT2D eigenvalue weighted by Crippen LogP contribution is -2.18. The molecule has 0 fully saturated rings. The topological polar surface area (TPSA) is 45.8 Å². The summed E-state index contributed by atoms with van der Waals surface area (Å²) in [6, 6.07) is 0. The predicted molar refractivity (Wildman–Crippen MR) is 78.0 cm³/mol. The average Bonchev–Trinajstić information content (AvgIpc) is 2.22. The third kappa shape index (κ3) is 4.08. The molecule has 0 radical (unpaired) electrons. The minimum absolute atomic E-state index is 0.00148. The highest BCUT2D eigenvalue weighted by Crippen LogP contribution is 2.15. The molecule has 5 heteroatoms. The van der Waals surface area contributed by atoms with Gasteiger partial charge in [0.2, 0.25) is 0 Å². The number of aromatic amines is 1. The lowest BCUT2D eigenvalue weighted by molar-refractivity contribution is 0.834. The van der Waals surface area contributed by atoms with Crippen molar-refractivity contribution in [1.82, 2.24) is 9.97 Å². The van der Waals surface area contributed by atoms with Crippen LogP contribution in [0.3, 0.4) is 0 Å². The molecular formula is C11H17IN2OS. The normalized spacial score (nSPS) is 11.1. The van der Waals surface area contributed by atoms with E-state index in [-0.39, 0.29) is 5.56 Å². The van der Waals surface area contributed by atoms with E-state index >= 15 is 0 Å². The van der Waals surface area contributed by atoms with Gasteiger partial charge < -0.3 is 4.98 Å². The van der Waals surface area contributed by atoms with Gasteiger partial charge in [-0.3, -0.25) is 4.79 Å².